The first-order valence-electron chi connectivity index (χ1n) is 6.55. The van der Waals surface area contributed by atoms with Crippen LogP contribution in [-0.2, 0) is 21.1 Å². The number of aryl methyl sites for hydroxylation is 3. The zero-order chi connectivity index (χ0) is 13.4. The molecule has 0 aliphatic carbocycles. The first-order valence-corrected chi connectivity index (χ1v) is 6.55. The maximum absolute atomic E-state index is 4.68. The van der Waals surface area contributed by atoms with Gasteiger partial charge in [-0.2, -0.15) is 5.10 Å². The third-order valence-electron chi connectivity index (χ3n) is 3.55. The minimum Gasteiger partial charge on any atom is -0.266 e. The van der Waals surface area contributed by atoms with Crippen LogP contribution in [0.4, 0.5) is 0 Å². The summed E-state index contributed by atoms with van der Waals surface area (Å²) in [6, 6.07) is 6.87. The Balaban J connectivity index is 0.00000180. The Hall–Kier alpha value is -0.882. The standard InChI is InChI=1S/C16H22N2.Pt/c1-10(2)18-14(6)16(13(5)17-18)15-11(3)8-7-9-12(15)4;/h7-10H,1-6H3;. The van der Waals surface area contributed by atoms with E-state index >= 15 is 0 Å². The van der Waals surface area contributed by atoms with Gasteiger partial charge in [0.05, 0.1) is 5.69 Å². The van der Waals surface area contributed by atoms with Crippen molar-refractivity contribution in [3.63, 3.8) is 0 Å². The molecule has 0 saturated carbocycles. The van der Waals surface area contributed by atoms with Crippen LogP contribution in [-0.4, -0.2) is 9.78 Å². The van der Waals surface area contributed by atoms with E-state index in [1.165, 1.54) is 27.9 Å². The van der Waals surface area contributed by atoms with E-state index in [0.29, 0.717) is 6.04 Å². The Morgan fingerprint density at radius 2 is 1.47 bits per heavy atom. The molecule has 19 heavy (non-hydrogen) atoms. The third-order valence-corrected chi connectivity index (χ3v) is 3.55. The molecule has 2 aromatic rings. The van der Waals surface area contributed by atoms with Gasteiger partial charge in [0.2, 0.25) is 0 Å². The smallest absolute Gasteiger partial charge is 0.0675 e. The quantitative estimate of drug-likeness (QED) is 0.683. The summed E-state index contributed by atoms with van der Waals surface area (Å²) in [6.45, 7) is 13.0. The minimum absolute atomic E-state index is 0. The van der Waals surface area contributed by atoms with E-state index in [1.54, 1.807) is 0 Å². The summed E-state index contributed by atoms with van der Waals surface area (Å²) in [5.74, 6) is 0. The normalized spacial score (nSPS) is 10.7. The van der Waals surface area contributed by atoms with Crippen LogP contribution in [0.5, 0.6) is 0 Å². The van der Waals surface area contributed by atoms with Crippen LogP contribution in [0.2, 0.25) is 0 Å². The second-order valence-corrected chi connectivity index (χ2v) is 5.35. The van der Waals surface area contributed by atoms with E-state index in [9.17, 15) is 0 Å². The number of rotatable bonds is 2. The fourth-order valence-corrected chi connectivity index (χ4v) is 2.74. The van der Waals surface area contributed by atoms with Crippen LogP contribution in [0.3, 0.4) is 0 Å². The molecular weight excluding hydrogens is 415 g/mol. The van der Waals surface area contributed by atoms with Gasteiger partial charge in [0.1, 0.15) is 0 Å². The molecule has 0 spiro atoms. The van der Waals surface area contributed by atoms with Gasteiger partial charge in [-0.1, -0.05) is 18.2 Å². The van der Waals surface area contributed by atoms with Crippen LogP contribution < -0.4 is 0 Å². The number of nitrogens with zero attached hydrogens (tertiary/aromatic N) is 2. The van der Waals surface area contributed by atoms with E-state index in [2.05, 4.69) is 69.5 Å². The average Bonchev–Trinajstić information content (AvgIpc) is 2.56. The van der Waals surface area contributed by atoms with Gasteiger partial charge in [-0.3, -0.25) is 4.68 Å². The fraction of sp³-hybridized carbons (Fsp3) is 0.438. The van der Waals surface area contributed by atoms with Gasteiger partial charge in [0.15, 0.2) is 0 Å². The Labute approximate surface area is 130 Å². The molecule has 1 aromatic carbocycles. The number of hydrogen-bond donors (Lipinski definition) is 0. The summed E-state index contributed by atoms with van der Waals surface area (Å²) in [4.78, 5) is 0. The van der Waals surface area contributed by atoms with Crippen molar-refractivity contribution >= 4 is 0 Å². The maximum atomic E-state index is 4.68. The van der Waals surface area contributed by atoms with Crippen LogP contribution in [0.1, 0.15) is 42.4 Å². The van der Waals surface area contributed by atoms with E-state index in [4.69, 9.17) is 0 Å². The Kier molecular flexibility index (Phi) is 5.15. The molecule has 0 N–H and O–H groups in total. The van der Waals surface area contributed by atoms with E-state index < -0.39 is 0 Å². The first-order chi connectivity index (χ1) is 8.43. The topological polar surface area (TPSA) is 17.8 Å². The number of hydrogen-bond acceptors (Lipinski definition) is 1. The van der Waals surface area contributed by atoms with Gasteiger partial charge in [-0.25, -0.2) is 0 Å². The second-order valence-electron chi connectivity index (χ2n) is 5.35. The summed E-state index contributed by atoms with van der Waals surface area (Å²) in [5, 5.41) is 4.68. The molecule has 2 rings (SSSR count). The molecule has 0 amide bonds. The van der Waals surface area contributed by atoms with Crippen molar-refractivity contribution in [3.05, 3.63) is 40.7 Å². The summed E-state index contributed by atoms with van der Waals surface area (Å²) in [5.41, 5.74) is 7.69. The van der Waals surface area contributed by atoms with Gasteiger partial charge in [-0.15, -0.1) is 0 Å². The van der Waals surface area contributed by atoms with Crippen molar-refractivity contribution in [1.29, 1.82) is 0 Å². The summed E-state index contributed by atoms with van der Waals surface area (Å²) in [7, 11) is 0. The van der Waals surface area contributed by atoms with Crippen molar-refractivity contribution in [2.45, 2.75) is 47.6 Å². The zero-order valence-electron chi connectivity index (χ0n) is 12.5. The molecule has 0 aliphatic heterocycles. The molecule has 0 aliphatic rings. The van der Waals surface area contributed by atoms with Crippen molar-refractivity contribution in [2.24, 2.45) is 0 Å². The average molecular weight is 437 g/mol. The Morgan fingerprint density at radius 1 is 0.947 bits per heavy atom. The maximum Gasteiger partial charge on any atom is 0.0675 e. The Bertz CT molecular complexity index is 562. The molecular formula is C16H22N2Pt. The van der Waals surface area contributed by atoms with Gasteiger partial charge in [0, 0.05) is 38.4 Å². The monoisotopic (exact) mass is 437 g/mol. The van der Waals surface area contributed by atoms with Gasteiger partial charge in [-0.05, 0) is 58.2 Å². The molecule has 106 valence electrons. The van der Waals surface area contributed by atoms with Crippen molar-refractivity contribution in [3.8, 4) is 11.1 Å². The summed E-state index contributed by atoms with van der Waals surface area (Å²) >= 11 is 0. The predicted molar refractivity (Wildman–Crippen MR) is 77.0 cm³/mol. The third kappa shape index (κ3) is 2.84. The van der Waals surface area contributed by atoms with Crippen molar-refractivity contribution < 1.29 is 21.1 Å². The van der Waals surface area contributed by atoms with Crippen LogP contribution >= 0.6 is 0 Å². The minimum atomic E-state index is 0. The predicted octanol–water partition coefficient (Wildman–Crippen LogP) is 4.36. The molecule has 1 heterocycles. The van der Waals surface area contributed by atoms with Gasteiger partial charge >= 0.3 is 0 Å². The summed E-state index contributed by atoms with van der Waals surface area (Å²) < 4.78 is 2.12. The molecule has 0 saturated heterocycles. The summed E-state index contributed by atoms with van der Waals surface area (Å²) in [6.07, 6.45) is 0. The molecule has 0 unspecified atom stereocenters. The number of benzene rings is 1. The molecule has 0 atom stereocenters. The van der Waals surface area contributed by atoms with E-state index in [0.717, 1.165) is 5.69 Å². The van der Waals surface area contributed by atoms with Crippen LogP contribution in [0, 0.1) is 27.7 Å². The second kappa shape index (κ2) is 6.05. The molecule has 1 aromatic heterocycles. The van der Waals surface area contributed by atoms with Gasteiger partial charge < -0.3 is 0 Å². The van der Waals surface area contributed by atoms with Crippen LogP contribution in [0.15, 0.2) is 18.2 Å². The molecule has 3 heteroatoms. The van der Waals surface area contributed by atoms with Crippen LogP contribution in [0.25, 0.3) is 11.1 Å². The SMILES string of the molecule is Cc1cccc(C)c1-c1c(C)nn(C(C)C)c1C.[Pt]. The molecule has 0 radical (unpaired) electrons. The van der Waals surface area contributed by atoms with Gasteiger partial charge in [0.25, 0.3) is 0 Å². The fourth-order valence-electron chi connectivity index (χ4n) is 2.74. The van der Waals surface area contributed by atoms with E-state index in [1.807, 2.05) is 0 Å². The first kappa shape index (κ1) is 16.2. The van der Waals surface area contributed by atoms with Crippen molar-refractivity contribution in [1.82, 2.24) is 9.78 Å². The zero-order valence-corrected chi connectivity index (χ0v) is 14.8. The molecule has 0 bridgehead atoms. The molecule has 0 fully saturated rings. The Morgan fingerprint density at radius 3 is 1.89 bits per heavy atom. The largest absolute Gasteiger partial charge is 0.266 e. The van der Waals surface area contributed by atoms with E-state index in [-0.39, 0.29) is 21.1 Å². The number of aromatic nitrogens is 2. The van der Waals surface area contributed by atoms with Crippen molar-refractivity contribution in [2.75, 3.05) is 0 Å². The molecule has 2 nitrogen and oxygen atoms in total.